The molecule has 0 bridgehead atoms. The Labute approximate surface area is 66.6 Å². The first-order valence-corrected chi connectivity index (χ1v) is 4.21. The Kier molecular flexibility index (Phi) is 1.31. The van der Waals surface area contributed by atoms with Gasteiger partial charge < -0.3 is 4.52 Å². The van der Waals surface area contributed by atoms with Crippen molar-refractivity contribution in [3.8, 4) is 0 Å². The maximum absolute atomic E-state index is 5.04. The van der Waals surface area contributed by atoms with Gasteiger partial charge in [-0.15, -0.1) is 0 Å². The third-order valence-corrected chi connectivity index (χ3v) is 2.70. The highest BCUT2D eigenvalue weighted by molar-refractivity contribution is 5.23. The minimum absolute atomic E-state index is 0.401. The number of aryl methyl sites for hydroxylation is 1. The molecule has 1 saturated carbocycles. The van der Waals surface area contributed by atoms with Crippen LogP contribution in [0.5, 0.6) is 0 Å². The van der Waals surface area contributed by atoms with E-state index in [4.69, 9.17) is 4.52 Å². The summed E-state index contributed by atoms with van der Waals surface area (Å²) in [6.07, 6.45) is 3.77. The average molecular weight is 151 g/mol. The molecule has 2 heteroatoms. The Hall–Kier alpha value is -0.790. The van der Waals surface area contributed by atoms with Crippen molar-refractivity contribution in [1.29, 1.82) is 0 Å². The molecule has 0 radical (unpaired) electrons. The summed E-state index contributed by atoms with van der Waals surface area (Å²) < 4.78 is 5.04. The fourth-order valence-electron chi connectivity index (χ4n) is 1.56. The number of nitrogens with zero attached hydrogens (tertiary/aromatic N) is 1. The van der Waals surface area contributed by atoms with E-state index in [0.29, 0.717) is 5.41 Å². The normalized spacial score (nSPS) is 20.2. The quantitative estimate of drug-likeness (QED) is 0.648. The van der Waals surface area contributed by atoms with Crippen molar-refractivity contribution in [2.75, 3.05) is 0 Å². The van der Waals surface area contributed by atoms with Crippen molar-refractivity contribution in [3.63, 3.8) is 0 Å². The molecule has 0 N–H and O–H groups in total. The van der Waals surface area contributed by atoms with Crippen LogP contribution in [0.4, 0.5) is 0 Å². The minimum atomic E-state index is 0.401. The SMILES string of the molecule is CCC1(c2cc(C)on2)CC1. The molecule has 0 atom stereocenters. The lowest BCUT2D eigenvalue weighted by Crippen LogP contribution is -2.03. The lowest BCUT2D eigenvalue weighted by Gasteiger charge is -2.05. The molecule has 0 unspecified atom stereocenters. The topological polar surface area (TPSA) is 26.0 Å². The Bertz CT molecular complexity index is 260. The van der Waals surface area contributed by atoms with E-state index in [2.05, 4.69) is 18.1 Å². The minimum Gasteiger partial charge on any atom is -0.361 e. The van der Waals surface area contributed by atoms with Gasteiger partial charge in [-0.25, -0.2) is 0 Å². The highest BCUT2D eigenvalue weighted by Crippen LogP contribution is 2.50. The molecule has 0 aliphatic heterocycles. The highest BCUT2D eigenvalue weighted by atomic mass is 16.5. The summed E-state index contributed by atoms with van der Waals surface area (Å²) in [5.74, 6) is 0.930. The molecule has 1 aromatic heterocycles. The van der Waals surface area contributed by atoms with Crippen LogP contribution in [0.15, 0.2) is 10.6 Å². The van der Waals surface area contributed by atoms with Gasteiger partial charge in [0.1, 0.15) is 5.76 Å². The van der Waals surface area contributed by atoms with E-state index in [1.807, 2.05) is 6.92 Å². The summed E-state index contributed by atoms with van der Waals surface area (Å²) in [4.78, 5) is 0. The third kappa shape index (κ3) is 0.971. The molecule has 2 nitrogen and oxygen atoms in total. The van der Waals surface area contributed by atoms with Crippen LogP contribution in [0.1, 0.15) is 37.6 Å². The van der Waals surface area contributed by atoms with E-state index in [-0.39, 0.29) is 0 Å². The zero-order valence-electron chi connectivity index (χ0n) is 7.05. The summed E-state index contributed by atoms with van der Waals surface area (Å²) in [6.45, 7) is 4.17. The molecule has 1 aliphatic carbocycles. The summed E-state index contributed by atoms with van der Waals surface area (Å²) in [6, 6.07) is 2.07. The Balaban J connectivity index is 2.29. The molecule has 0 saturated heterocycles. The van der Waals surface area contributed by atoms with Gasteiger partial charge in [-0.1, -0.05) is 12.1 Å². The maximum Gasteiger partial charge on any atom is 0.133 e. The van der Waals surface area contributed by atoms with Gasteiger partial charge in [-0.3, -0.25) is 0 Å². The highest BCUT2D eigenvalue weighted by Gasteiger charge is 2.44. The van der Waals surface area contributed by atoms with Crippen LogP contribution in [0.25, 0.3) is 0 Å². The Morgan fingerprint density at radius 2 is 2.36 bits per heavy atom. The van der Waals surface area contributed by atoms with E-state index < -0.39 is 0 Å². The smallest absolute Gasteiger partial charge is 0.133 e. The van der Waals surface area contributed by atoms with Crippen molar-refractivity contribution in [3.05, 3.63) is 17.5 Å². The maximum atomic E-state index is 5.04. The zero-order chi connectivity index (χ0) is 7.90. The average Bonchev–Trinajstić information content (AvgIpc) is 2.70. The van der Waals surface area contributed by atoms with Gasteiger partial charge in [0.05, 0.1) is 5.69 Å². The molecule has 0 aromatic carbocycles. The molecule has 1 heterocycles. The zero-order valence-corrected chi connectivity index (χ0v) is 7.05. The van der Waals surface area contributed by atoms with E-state index in [9.17, 15) is 0 Å². The standard InChI is InChI=1S/C9H13NO/c1-3-9(4-5-9)8-6-7(2)11-10-8/h6H,3-5H2,1-2H3. The van der Waals surface area contributed by atoms with Crippen molar-refractivity contribution >= 4 is 0 Å². The van der Waals surface area contributed by atoms with Crippen molar-refractivity contribution in [2.24, 2.45) is 0 Å². The van der Waals surface area contributed by atoms with Gasteiger partial charge in [-0.2, -0.15) is 0 Å². The summed E-state index contributed by atoms with van der Waals surface area (Å²) in [5.41, 5.74) is 1.56. The number of hydrogen-bond acceptors (Lipinski definition) is 2. The molecule has 1 aliphatic rings. The summed E-state index contributed by atoms with van der Waals surface area (Å²) >= 11 is 0. The van der Waals surface area contributed by atoms with Crippen LogP contribution in [0.2, 0.25) is 0 Å². The number of aromatic nitrogens is 1. The van der Waals surface area contributed by atoms with Crippen LogP contribution in [0, 0.1) is 6.92 Å². The predicted octanol–water partition coefficient (Wildman–Crippen LogP) is 2.42. The van der Waals surface area contributed by atoms with Gasteiger partial charge in [0.2, 0.25) is 0 Å². The summed E-state index contributed by atoms with van der Waals surface area (Å²) in [7, 11) is 0. The molecule has 2 rings (SSSR count). The van der Waals surface area contributed by atoms with Crippen LogP contribution in [-0.4, -0.2) is 5.16 Å². The van der Waals surface area contributed by atoms with Crippen LogP contribution in [0.3, 0.4) is 0 Å². The van der Waals surface area contributed by atoms with Crippen molar-refractivity contribution in [1.82, 2.24) is 5.16 Å². The van der Waals surface area contributed by atoms with E-state index in [1.54, 1.807) is 0 Å². The van der Waals surface area contributed by atoms with E-state index >= 15 is 0 Å². The van der Waals surface area contributed by atoms with Crippen LogP contribution in [-0.2, 0) is 5.41 Å². The monoisotopic (exact) mass is 151 g/mol. The molecule has 1 aromatic rings. The lowest BCUT2D eigenvalue weighted by atomic mass is 9.99. The molecule has 60 valence electrons. The van der Waals surface area contributed by atoms with Gasteiger partial charge in [0, 0.05) is 11.5 Å². The first-order valence-electron chi connectivity index (χ1n) is 4.21. The van der Waals surface area contributed by atoms with Gasteiger partial charge in [-0.05, 0) is 26.2 Å². The van der Waals surface area contributed by atoms with Crippen molar-refractivity contribution in [2.45, 2.75) is 38.5 Å². The predicted molar refractivity (Wildman–Crippen MR) is 42.4 cm³/mol. The first kappa shape index (κ1) is 6.89. The first-order chi connectivity index (χ1) is 5.27. The molecule has 0 spiro atoms. The Morgan fingerprint density at radius 1 is 1.64 bits per heavy atom. The van der Waals surface area contributed by atoms with Gasteiger partial charge in [0.25, 0.3) is 0 Å². The number of hydrogen-bond donors (Lipinski definition) is 0. The largest absolute Gasteiger partial charge is 0.361 e. The van der Waals surface area contributed by atoms with Crippen molar-refractivity contribution < 1.29 is 4.52 Å². The van der Waals surface area contributed by atoms with Crippen LogP contribution >= 0.6 is 0 Å². The fourth-order valence-corrected chi connectivity index (χ4v) is 1.56. The third-order valence-electron chi connectivity index (χ3n) is 2.70. The lowest BCUT2D eigenvalue weighted by molar-refractivity contribution is 0.382. The fraction of sp³-hybridized carbons (Fsp3) is 0.667. The number of rotatable bonds is 2. The Morgan fingerprint density at radius 3 is 2.73 bits per heavy atom. The summed E-state index contributed by atoms with van der Waals surface area (Å²) in [5, 5.41) is 4.05. The van der Waals surface area contributed by atoms with Gasteiger partial charge in [0.15, 0.2) is 0 Å². The second-order valence-corrected chi connectivity index (χ2v) is 3.46. The van der Waals surface area contributed by atoms with Gasteiger partial charge >= 0.3 is 0 Å². The molecule has 11 heavy (non-hydrogen) atoms. The molecular formula is C9H13NO. The van der Waals surface area contributed by atoms with E-state index in [0.717, 1.165) is 11.5 Å². The molecule has 1 fully saturated rings. The van der Waals surface area contributed by atoms with E-state index in [1.165, 1.54) is 19.3 Å². The molecular weight excluding hydrogens is 138 g/mol. The van der Waals surface area contributed by atoms with Crippen LogP contribution < -0.4 is 0 Å². The second-order valence-electron chi connectivity index (χ2n) is 3.46. The molecule has 0 amide bonds. The second kappa shape index (κ2) is 2.10.